The van der Waals surface area contributed by atoms with Gasteiger partial charge in [0.05, 0.1) is 17.1 Å². The quantitative estimate of drug-likeness (QED) is 0.606. The van der Waals surface area contributed by atoms with Gasteiger partial charge in [0, 0.05) is 17.8 Å². The summed E-state index contributed by atoms with van der Waals surface area (Å²) in [5.74, 6) is -0.720. The van der Waals surface area contributed by atoms with Crippen molar-refractivity contribution in [3.8, 4) is 5.75 Å². The average molecular weight is 268 g/mol. The van der Waals surface area contributed by atoms with Crippen LogP contribution in [0.4, 0.5) is 11.4 Å². The first-order valence-electron chi connectivity index (χ1n) is 5.75. The standard InChI is InChI=1S/C12H16N2O5/c1-7(2)19-11-5-9(13-8(3)12(15)16)4-10(6-11)14(17)18/h4-8,13H,1-3H3,(H,15,16). The molecular formula is C12H16N2O5. The molecule has 0 aromatic heterocycles. The van der Waals surface area contributed by atoms with E-state index in [1.54, 1.807) is 13.8 Å². The molecular weight excluding hydrogens is 252 g/mol. The lowest BCUT2D eigenvalue weighted by Crippen LogP contribution is -2.25. The predicted octanol–water partition coefficient (Wildman–Crippen LogP) is 2.27. The molecule has 2 N–H and O–H groups in total. The van der Waals surface area contributed by atoms with Crippen LogP contribution in [0.3, 0.4) is 0 Å². The molecule has 0 radical (unpaired) electrons. The van der Waals surface area contributed by atoms with E-state index < -0.39 is 16.9 Å². The Kier molecular flexibility index (Phi) is 4.68. The van der Waals surface area contributed by atoms with E-state index in [0.29, 0.717) is 11.4 Å². The minimum atomic E-state index is -1.04. The summed E-state index contributed by atoms with van der Waals surface area (Å²) in [6.45, 7) is 5.04. The van der Waals surface area contributed by atoms with Gasteiger partial charge in [0.2, 0.25) is 0 Å². The van der Waals surface area contributed by atoms with Gasteiger partial charge in [0.1, 0.15) is 11.8 Å². The second kappa shape index (κ2) is 6.03. The highest BCUT2D eigenvalue weighted by Gasteiger charge is 2.15. The smallest absolute Gasteiger partial charge is 0.325 e. The summed E-state index contributed by atoms with van der Waals surface area (Å²) in [7, 11) is 0. The minimum absolute atomic E-state index is 0.133. The van der Waals surface area contributed by atoms with Crippen LogP contribution in [0, 0.1) is 10.1 Å². The number of hydrogen-bond donors (Lipinski definition) is 2. The molecule has 0 fully saturated rings. The van der Waals surface area contributed by atoms with Crippen molar-refractivity contribution in [1.82, 2.24) is 0 Å². The third-order valence-electron chi connectivity index (χ3n) is 2.23. The van der Waals surface area contributed by atoms with E-state index in [9.17, 15) is 14.9 Å². The van der Waals surface area contributed by atoms with Gasteiger partial charge in [0.25, 0.3) is 5.69 Å². The first-order chi connectivity index (χ1) is 8.79. The third-order valence-corrected chi connectivity index (χ3v) is 2.23. The number of nitro benzene ring substituents is 1. The van der Waals surface area contributed by atoms with Crippen LogP contribution in [0.15, 0.2) is 18.2 Å². The van der Waals surface area contributed by atoms with Gasteiger partial charge in [-0.25, -0.2) is 0 Å². The van der Waals surface area contributed by atoms with Crippen LogP contribution < -0.4 is 10.1 Å². The molecule has 0 aliphatic carbocycles. The van der Waals surface area contributed by atoms with E-state index in [1.165, 1.54) is 25.1 Å². The number of ether oxygens (including phenoxy) is 1. The van der Waals surface area contributed by atoms with Crippen LogP contribution in [0.25, 0.3) is 0 Å². The molecule has 1 aromatic carbocycles. The molecule has 1 atom stereocenters. The lowest BCUT2D eigenvalue weighted by Gasteiger charge is -2.14. The maximum Gasteiger partial charge on any atom is 0.325 e. The molecule has 0 saturated carbocycles. The van der Waals surface area contributed by atoms with Gasteiger partial charge in [-0.05, 0) is 20.8 Å². The molecule has 1 unspecified atom stereocenters. The number of carbonyl (C=O) groups is 1. The van der Waals surface area contributed by atoms with Crippen LogP contribution in [-0.4, -0.2) is 28.1 Å². The Morgan fingerprint density at radius 3 is 2.47 bits per heavy atom. The molecule has 7 nitrogen and oxygen atoms in total. The zero-order valence-corrected chi connectivity index (χ0v) is 10.9. The topological polar surface area (TPSA) is 102 Å². The molecule has 0 amide bonds. The number of benzene rings is 1. The lowest BCUT2D eigenvalue weighted by atomic mass is 10.2. The molecule has 1 rings (SSSR count). The number of hydrogen-bond acceptors (Lipinski definition) is 5. The van der Waals surface area contributed by atoms with Gasteiger partial charge in [-0.3, -0.25) is 14.9 Å². The molecule has 1 aromatic rings. The number of nitrogens with one attached hydrogen (secondary N) is 1. The molecule has 7 heteroatoms. The number of carboxylic acid groups (broad SMARTS) is 1. The highest BCUT2D eigenvalue weighted by atomic mass is 16.6. The van der Waals surface area contributed by atoms with Gasteiger partial charge in [-0.15, -0.1) is 0 Å². The second-order valence-corrected chi connectivity index (χ2v) is 4.34. The number of rotatable bonds is 6. The van der Waals surface area contributed by atoms with E-state index in [1.807, 2.05) is 0 Å². The molecule has 0 bridgehead atoms. The summed E-state index contributed by atoms with van der Waals surface area (Å²) in [5, 5.41) is 22.3. The van der Waals surface area contributed by atoms with Crippen molar-refractivity contribution in [1.29, 1.82) is 0 Å². The maximum atomic E-state index is 10.8. The highest BCUT2D eigenvalue weighted by molar-refractivity contribution is 5.77. The molecule has 0 saturated heterocycles. The Labute approximate surface area is 110 Å². The normalized spacial score (nSPS) is 12.0. The maximum absolute atomic E-state index is 10.8. The summed E-state index contributed by atoms with van der Waals surface area (Å²) in [5.41, 5.74) is 0.179. The van der Waals surface area contributed by atoms with Crippen LogP contribution >= 0.6 is 0 Å². The van der Waals surface area contributed by atoms with Gasteiger partial charge in [-0.2, -0.15) is 0 Å². The van der Waals surface area contributed by atoms with Crippen LogP contribution in [-0.2, 0) is 4.79 Å². The van der Waals surface area contributed by atoms with Crippen molar-refractivity contribution >= 4 is 17.3 Å². The minimum Gasteiger partial charge on any atom is -0.491 e. The Balaban J connectivity index is 3.05. The van der Waals surface area contributed by atoms with Crippen molar-refractivity contribution in [2.45, 2.75) is 32.9 Å². The Bertz CT molecular complexity index is 487. The number of non-ortho nitro benzene ring substituents is 1. The molecule has 0 heterocycles. The van der Waals surface area contributed by atoms with E-state index >= 15 is 0 Å². The first-order valence-corrected chi connectivity index (χ1v) is 5.75. The average Bonchev–Trinajstić information content (AvgIpc) is 2.27. The fourth-order valence-corrected chi connectivity index (χ4v) is 1.42. The molecule has 0 spiro atoms. The number of nitrogens with zero attached hydrogens (tertiary/aromatic N) is 1. The Hall–Kier alpha value is -2.31. The largest absolute Gasteiger partial charge is 0.491 e. The fourth-order valence-electron chi connectivity index (χ4n) is 1.42. The summed E-state index contributed by atoms with van der Waals surface area (Å²) >= 11 is 0. The number of nitro groups is 1. The van der Waals surface area contributed by atoms with E-state index in [4.69, 9.17) is 9.84 Å². The van der Waals surface area contributed by atoms with Crippen molar-refractivity contribution in [2.75, 3.05) is 5.32 Å². The van der Waals surface area contributed by atoms with Crippen LogP contribution in [0.5, 0.6) is 5.75 Å². The highest BCUT2D eigenvalue weighted by Crippen LogP contribution is 2.27. The summed E-state index contributed by atoms with van der Waals surface area (Å²) < 4.78 is 5.40. The SMILES string of the molecule is CC(C)Oc1cc(NC(C)C(=O)O)cc([N+](=O)[O-])c1. The number of anilines is 1. The van der Waals surface area contributed by atoms with Crippen LogP contribution in [0.1, 0.15) is 20.8 Å². The fraction of sp³-hybridized carbons (Fsp3) is 0.417. The monoisotopic (exact) mass is 268 g/mol. The van der Waals surface area contributed by atoms with E-state index in [2.05, 4.69) is 5.32 Å². The summed E-state index contributed by atoms with van der Waals surface area (Å²) in [4.78, 5) is 21.0. The molecule has 0 aliphatic heterocycles. The van der Waals surface area contributed by atoms with Crippen LogP contribution in [0.2, 0.25) is 0 Å². The zero-order chi connectivity index (χ0) is 14.6. The van der Waals surface area contributed by atoms with Crippen molar-refractivity contribution in [2.24, 2.45) is 0 Å². The molecule has 19 heavy (non-hydrogen) atoms. The summed E-state index contributed by atoms with van der Waals surface area (Å²) in [6, 6.07) is 3.25. The van der Waals surface area contributed by atoms with Gasteiger partial charge < -0.3 is 15.2 Å². The molecule has 104 valence electrons. The third kappa shape index (κ3) is 4.46. The second-order valence-electron chi connectivity index (χ2n) is 4.34. The van der Waals surface area contributed by atoms with Crippen molar-refractivity contribution in [3.05, 3.63) is 28.3 Å². The summed E-state index contributed by atoms with van der Waals surface area (Å²) in [6.07, 6.45) is -0.133. The first kappa shape index (κ1) is 14.7. The Morgan fingerprint density at radius 2 is 2.00 bits per heavy atom. The van der Waals surface area contributed by atoms with Gasteiger partial charge in [-0.1, -0.05) is 0 Å². The van der Waals surface area contributed by atoms with E-state index in [0.717, 1.165) is 0 Å². The zero-order valence-electron chi connectivity index (χ0n) is 10.9. The van der Waals surface area contributed by atoms with Gasteiger partial charge >= 0.3 is 5.97 Å². The van der Waals surface area contributed by atoms with Gasteiger partial charge in [0.15, 0.2) is 0 Å². The number of aliphatic carboxylic acids is 1. The van der Waals surface area contributed by atoms with Crippen molar-refractivity contribution in [3.63, 3.8) is 0 Å². The van der Waals surface area contributed by atoms with E-state index in [-0.39, 0.29) is 11.8 Å². The number of carboxylic acids is 1. The van der Waals surface area contributed by atoms with Crippen molar-refractivity contribution < 1.29 is 19.6 Å². The predicted molar refractivity (Wildman–Crippen MR) is 69.6 cm³/mol. The lowest BCUT2D eigenvalue weighted by molar-refractivity contribution is -0.384. The Morgan fingerprint density at radius 1 is 1.37 bits per heavy atom. The molecule has 0 aliphatic rings.